The van der Waals surface area contributed by atoms with E-state index in [2.05, 4.69) is 15.5 Å². The van der Waals surface area contributed by atoms with E-state index in [9.17, 15) is 4.79 Å². The second kappa shape index (κ2) is 5.35. The summed E-state index contributed by atoms with van der Waals surface area (Å²) in [5.41, 5.74) is 2.24. The van der Waals surface area contributed by atoms with Gasteiger partial charge in [-0.15, -0.1) is 0 Å². The van der Waals surface area contributed by atoms with Crippen LogP contribution in [0.3, 0.4) is 0 Å². The number of aromatic nitrogens is 2. The number of amides is 1. The first-order valence-electron chi connectivity index (χ1n) is 5.62. The first-order valence-corrected chi connectivity index (χ1v) is 5.62. The Balaban J connectivity index is 1.97. The molecule has 0 spiro atoms. The van der Waals surface area contributed by atoms with Gasteiger partial charge in [0.2, 0.25) is 0 Å². The monoisotopic (exact) mass is 245 g/mol. The standard InChI is InChI=1S/C13H15N3O2/c1-9-6-12(16-15-9)13(17)14-8-10-4-3-5-11(7-10)18-2/h3-7H,8H2,1-2H3,(H,14,17)(H,15,16). The summed E-state index contributed by atoms with van der Waals surface area (Å²) in [6.07, 6.45) is 0. The highest BCUT2D eigenvalue weighted by Crippen LogP contribution is 2.12. The number of hydrogen-bond donors (Lipinski definition) is 2. The Morgan fingerprint density at radius 3 is 2.94 bits per heavy atom. The zero-order valence-corrected chi connectivity index (χ0v) is 10.4. The number of nitrogens with zero attached hydrogens (tertiary/aromatic N) is 1. The number of aromatic amines is 1. The lowest BCUT2D eigenvalue weighted by Crippen LogP contribution is -2.23. The summed E-state index contributed by atoms with van der Waals surface area (Å²) in [6, 6.07) is 9.27. The second-order valence-electron chi connectivity index (χ2n) is 3.97. The molecule has 1 amide bonds. The van der Waals surface area contributed by atoms with Gasteiger partial charge in [-0.2, -0.15) is 5.10 Å². The molecule has 2 N–H and O–H groups in total. The predicted octanol–water partition coefficient (Wildman–Crippen LogP) is 1.66. The minimum Gasteiger partial charge on any atom is -0.497 e. The molecule has 94 valence electrons. The molecule has 2 rings (SSSR count). The Hall–Kier alpha value is -2.30. The van der Waals surface area contributed by atoms with E-state index in [1.165, 1.54) is 0 Å². The molecule has 5 heteroatoms. The topological polar surface area (TPSA) is 67.0 Å². The van der Waals surface area contributed by atoms with E-state index in [1.54, 1.807) is 13.2 Å². The van der Waals surface area contributed by atoms with Crippen LogP contribution in [-0.4, -0.2) is 23.2 Å². The average Bonchev–Trinajstić information content (AvgIpc) is 2.83. The number of ether oxygens (including phenoxy) is 1. The molecule has 0 aliphatic rings. The van der Waals surface area contributed by atoms with Gasteiger partial charge >= 0.3 is 0 Å². The third-order valence-electron chi connectivity index (χ3n) is 2.53. The number of benzene rings is 1. The number of methoxy groups -OCH3 is 1. The van der Waals surface area contributed by atoms with Crippen LogP contribution >= 0.6 is 0 Å². The van der Waals surface area contributed by atoms with Gasteiger partial charge in [-0.05, 0) is 30.7 Å². The van der Waals surface area contributed by atoms with Crippen LogP contribution in [0.5, 0.6) is 5.75 Å². The zero-order chi connectivity index (χ0) is 13.0. The van der Waals surface area contributed by atoms with E-state index in [-0.39, 0.29) is 5.91 Å². The number of nitrogens with one attached hydrogen (secondary N) is 2. The molecule has 5 nitrogen and oxygen atoms in total. The minimum absolute atomic E-state index is 0.192. The van der Waals surface area contributed by atoms with Gasteiger partial charge in [-0.1, -0.05) is 12.1 Å². The maximum atomic E-state index is 11.8. The van der Waals surface area contributed by atoms with E-state index >= 15 is 0 Å². The summed E-state index contributed by atoms with van der Waals surface area (Å²) < 4.78 is 5.12. The van der Waals surface area contributed by atoms with Crippen molar-refractivity contribution in [2.24, 2.45) is 0 Å². The van der Waals surface area contributed by atoms with Crippen molar-refractivity contribution in [2.75, 3.05) is 7.11 Å². The van der Waals surface area contributed by atoms with Crippen molar-refractivity contribution in [3.63, 3.8) is 0 Å². The SMILES string of the molecule is COc1cccc(CNC(=O)c2cc(C)[nH]n2)c1. The molecule has 0 unspecified atom stereocenters. The van der Waals surface area contributed by atoms with Crippen molar-refractivity contribution >= 4 is 5.91 Å². The maximum absolute atomic E-state index is 11.8. The Kier molecular flexibility index (Phi) is 3.62. The third-order valence-corrected chi connectivity index (χ3v) is 2.53. The minimum atomic E-state index is -0.192. The lowest BCUT2D eigenvalue weighted by atomic mass is 10.2. The lowest BCUT2D eigenvalue weighted by molar-refractivity contribution is 0.0946. The van der Waals surface area contributed by atoms with Crippen molar-refractivity contribution in [3.8, 4) is 5.75 Å². The van der Waals surface area contributed by atoms with Gasteiger partial charge in [0.1, 0.15) is 11.4 Å². The Morgan fingerprint density at radius 1 is 1.44 bits per heavy atom. The number of aryl methyl sites for hydroxylation is 1. The maximum Gasteiger partial charge on any atom is 0.272 e. The smallest absolute Gasteiger partial charge is 0.272 e. The Morgan fingerprint density at radius 2 is 2.28 bits per heavy atom. The molecule has 0 aliphatic carbocycles. The van der Waals surface area contributed by atoms with Crippen molar-refractivity contribution < 1.29 is 9.53 Å². The Labute approximate surface area is 105 Å². The molecule has 0 aliphatic heterocycles. The van der Waals surface area contributed by atoms with E-state index in [4.69, 9.17) is 4.74 Å². The number of carbonyl (C=O) groups excluding carboxylic acids is 1. The summed E-state index contributed by atoms with van der Waals surface area (Å²) in [5.74, 6) is 0.583. The van der Waals surface area contributed by atoms with Crippen molar-refractivity contribution in [2.45, 2.75) is 13.5 Å². The van der Waals surface area contributed by atoms with E-state index in [0.717, 1.165) is 17.0 Å². The van der Waals surface area contributed by atoms with Gasteiger partial charge in [0.15, 0.2) is 0 Å². The average molecular weight is 245 g/mol. The van der Waals surface area contributed by atoms with E-state index < -0.39 is 0 Å². The second-order valence-corrected chi connectivity index (χ2v) is 3.97. The molecule has 0 saturated carbocycles. The quantitative estimate of drug-likeness (QED) is 0.860. The zero-order valence-electron chi connectivity index (χ0n) is 10.4. The van der Waals surface area contributed by atoms with E-state index in [0.29, 0.717) is 12.2 Å². The molecule has 18 heavy (non-hydrogen) atoms. The van der Waals surface area contributed by atoms with Gasteiger partial charge in [-0.3, -0.25) is 9.89 Å². The van der Waals surface area contributed by atoms with Crippen LogP contribution < -0.4 is 10.1 Å². The highest BCUT2D eigenvalue weighted by molar-refractivity contribution is 5.92. The summed E-state index contributed by atoms with van der Waals surface area (Å²) in [6.45, 7) is 2.30. The van der Waals surface area contributed by atoms with Crippen molar-refractivity contribution in [1.29, 1.82) is 0 Å². The van der Waals surface area contributed by atoms with Crippen LogP contribution in [0.2, 0.25) is 0 Å². The number of carbonyl (C=O) groups is 1. The highest BCUT2D eigenvalue weighted by Gasteiger charge is 2.08. The van der Waals surface area contributed by atoms with Crippen LogP contribution in [0, 0.1) is 6.92 Å². The third kappa shape index (κ3) is 2.88. The number of H-pyrrole nitrogens is 1. The van der Waals surface area contributed by atoms with Crippen molar-refractivity contribution in [1.82, 2.24) is 15.5 Å². The molecular formula is C13H15N3O2. The van der Waals surface area contributed by atoms with Gasteiger partial charge < -0.3 is 10.1 Å². The fourth-order valence-corrected chi connectivity index (χ4v) is 1.59. The fraction of sp³-hybridized carbons (Fsp3) is 0.231. The molecule has 0 fully saturated rings. The predicted molar refractivity (Wildman–Crippen MR) is 67.5 cm³/mol. The lowest BCUT2D eigenvalue weighted by Gasteiger charge is -2.05. The number of hydrogen-bond acceptors (Lipinski definition) is 3. The molecule has 1 heterocycles. The van der Waals surface area contributed by atoms with Crippen LogP contribution in [0.15, 0.2) is 30.3 Å². The van der Waals surface area contributed by atoms with Gasteiger partial charge in [-0.25, -0.2) is 0 Å². The summed E-state index contributed by atoms with van der Waals surface area (Å²) in [4.78, 5) is 11.8. The molecule has 0 saturated heterocycles. The largest absolute Gasteiger partial charge is 0.497 e. The molecular weight excluding hydrogens is 230 g/mol. The molecule has 0 bridgehead atoms. The van der Waals surface area contributed by atoms with Gasteiger partial charge in [0.25, 0.3) is 5.91 Å². The highest BCUT2D eigenvalue weighted by atomic mass is 16.5. The van der Waals surface area contributed by atoms with Gasteiger partial charge in [0.05, 0.1) is 7.11 Å². The first kappa shape index (κ1) is 12.2. The summed E-state index contributed by atoms with van der Waals surface area (Å²) in [5, 5.41) is 9.44. The summed E-state index contributed by atoms with van der Waals surface area (Å²) in [7, 11) is 1.62. The molecule has 2 aromatic rings. The van der Waals surface area contributed by atoms with Crippen LogP contribution in [0.25, 0.3) is 0 Å². The van der Waals surface area contributed by atoms with Crippen molar-refractivity contribution in [3.05, 3.63) is 47.3 Å². The van der Waals surface area contributed by atoms with E-state index in [1.807, 2.05) is 31.2 Å². The van der Waals surface area contributed by atoms with Crippen LogP contribution in [-0.2, 0) is 6.54 Å². The molecule has 0 atom stereocenters. The van der Waals surface area contributed by atoms with Crippen LogP contribution in [0.4, 0.5) is 0 Å². The first-order chi connectivity index (χ1) is 8.69. The molecule has 0 radical (unpaired) electrons. The summed E-state index contributed by atoms with van der Waals surface area (Å²) >= 11 is 0. The normalized spacial score (nSPS) is 10.1. The van der Waals surface area contributed by atoms with Crippen LogP contribution in [0.1, 0.15) is 21.7 Å². The Bertz CT molecular complexity index is 549. The number of rotatable bonds is 4. The molecule has 1 aromatic heterocycles. The fourth-order valence-electron chi connectivity index (χ4n) is 1.59. The molecule has 1 aromatic carbocycles. The van der Waals surface area contributed by atoms with Gasteiger partial charge in [0, 0.05) is 12.2 Å².